The molecule has 158 valence electrons. The fourth-order valence-electron chi connectivity index (χ4n) is 3.97. The molecule has 0 bridgehead atoms. The molecule has 0 atom stereocenters. The minimum absolute atomic E-state index is 0.127. The minimum atomic E-state index is -0.368. The van der Waals surface area contributed by atoms with Crippen molar-refractivity contribution in [2.24, 2.45) is 7.05 Å². The molecule has 0 radical (unpaired) electrons. The molecule has 30 heavy (non-hydrogen) atoms. The Morgan fingerprint density at radius 2 is 1.90 bits per heavy atom. The van der Waals surface area contributed by atoms with Crippen molar-refractivity contribution in [1.82, 2.24) is 14.5 Å². The van der Waals surface area contributed by atoms with Gasteiger partial charge in [0.2, 0.25) is 0 Å². The summed E-state index contributed by atoms with van der Waals surface area (Å²) in [6, 6.07) is 15.9. The summed E-state index contributed by atoms with van der Waals surface area (Å²) in [5.41, 5.74) is 2.91. The first-order valence-electron chi connectivity index (χ1n) is 10.6. The third-order valence-electron chi connectivity index (χ3n) is 5.70. The number of amides is 1. The standard InChI is InChI=1S/C24H29N3O3/c1-26(16-18-9-5-3-6-10-18)24(28)29-17-23-25-21-15-20(13-14-22(21)27(23)2)30-19-11-7-4-8-12-19/h3,5-6,9-10,13-15,19H,4,7-8,11-12,16-17H2,1-2H3. The van der Waals surface area contributed by atoms with Gasteiger partial charge in [0.15, 0.2) is 6.61 Å². The Bertz CT molecular complexity index is 994. The second-order valence-corrected chi connectivity index (χ2v) is 8.01. The van der Waals surface area contributed by atoms with Crippen molar-refractivity contribution in [3.05, 3.63) is 59.9 Å². The summed E-state index contributed by atoms with van der Waals surface area (Å²) in [6.45, 7) is 0.631. The number of rotatable bonds is 6. The Morgan fingerprint density at radius 3 is 2.67 bits per heavy atom. The smallest absolute Gasteiger partial charge is 0.410 e. The van der Waals surface area contributed by atoms with Crippen molar-refractivity contribution < 1.29 is 14.3 Å². The van der Waals surface area contributed by atoms with Crippen LogP contribution in [0.25, 0.3) is 11.0 Å². The lowest BCUT2D eigenvalue weighted by molar-refractivity contribution is 0.0995. The van der Waals surface area contributed by atoms with Gasteiger partial charge in [-0.15, -0.1) is 0 Å². The lowest BCUT2D eigenvalue weighted by Crippen LogP contribution is -2.27. The molecule has 1 aliphatic carbocycles. The second kappa shape index (κ2) is 9.20. The highest BCUT2D eigenvalue weighted by molar-refractivity contribution is 5.77. The lowest BCUT2D eigenvalue weighted by atomic mass is 9.98. The summed E-state index contributed by atoms with van der Waals surface area (Å²) >= 11 is 0. The van der Waals surface area contributed by atoms with Crippen molar-refractivity contribution in [1.29, 1.82) is 0 Å². The van der Waals surface area contributed by atoms with Crippen LogP contribution in [0.5, 0.6) is 5.75 Å². The highest BCUT2D eigenvalue weighted by Gasteiger charge is 2.17. The van der Waals surface area contributed by atoms with Gasteiger partial charge in [-0.1, -0.05) is 36.8 Å². The van der Waals surface area contributed by atoms with Gasteiger partial charge in [-0.25, -0.2) is 9.78 Å². The zero-order valence-electron chi connectivity index (χ0n) is 17.7. The maximum atomic E-state index is 12.4. The average Bonchev–Trinajstić information content (AvgIpc) is 3.08. The van der Waals surface area contributed by atoms with E-state index in [1.54, 1.807) is 11.9 Å². The summed E-state index contributed by atoms with van der Waals surface area (Å²) in [6.07, 6.45) is 5.97. The third kappa shape index (κ3) is 4.75. The molecule has 6 nitrogen and oxygen atoms in total. The number of aryl methyl sites for hydroxylation is 1. The fraction of sp³-hybridized carbons (Fsp3) is 0.417. The first kappa shape index (κ1) is 20.3. The van der Waals surface area contributed by atoms with Crippen molar-refractivity contribution in [2.75, 3.05) is 7.05 Å². The van der Waals surface area contributed by atoms with Gasteiger partial charge in [-0.3, -0.25) is 0 Å². The van der Waals surface area contributed by atoms with Crippen LogP contribution in [0, 0.1) is 0 Å². The Balaban J connectivity index is 1.38. The monoisotopic (exact) mass is 407 g/mol. The number of benzene rings is 2. The molecular formula is C24H29N3O3. The summed E-state index contributed by atoms with van der Waals surface area (Å²) in [5.74, 6) is 1.57. The topological polar surface area (TPSA) is 56.6 Å². The molecule has 3 aromatic rings. The van der Waals surface area contributed by atoms with Crippen LogP contribution in [-0.4, -0.2) is 33.7 Å². The van der Waals surface area contributed by atoms with Gasteiger partial charge in [0.05, 0.1) is 17.1 Å². The molecule has 0 aliphatic heterocycles. The number of carbonyl (C=O) groups excluding carboxylic acids is 1. The number of carbonyl (C=O) groups is 1. The van der Waals surface area contributed by atoms with Gasteiger partial charge >= 0.3 is 6.09 Å². The third-order valence-corrected chi connectivity index (χ3v) is 5.70. The van der Waals surface area contributed by atoms with Crippen LogP contribution in [0.3, 0.4) is 0 Å². The normalized spacial score (nSPS) is 14.6. The zero-order valence-corrected chi connectivity index (χ0v) is 17.7. The molecule has 1 heterocycles. The largest absolute Gasteiger partial charge is 0.490 e. The number of hydrogen-bond donors (Lipinski definition) is 0. The predicted octanol–water partition coefficient (Wildman–Crippen LogP) is 5.05. The van der Waals surface area contributed by atoms with E-state index in [4.69, 9.17) is 9.47 Å². The van der Waals surface area contributed by atoms with E-state index < -0.39 is 0 Å². The first-order valence-corrected chi connectivity index (χ1v) is 10.6. The highest BCUT2D eigenvalue weighted by atomic mass is 16.6. The van der Waals surface area contributed by atoms with Gasteiger partial charge in [0.25, 0.3) is 0 Å². The first-order chi connectivity index (χ1) is 14.6. The maximum Gasteiger partial charge on any atom is 0.410 e. The number of nitrogens with zero attached hydrogens (tertiary/aromatic N) is 3. The fourth-order valence-corrected chi connectivity index (χ4v) is 3.97. The Hall–Kier alpha value is -3.02. The van der Waals surface area contributed by atoms with Crippen LogP contribution >= 0.6 is 0 Å². The molecule has 0 N–H and O–H groups in total. The van der Waals surface area contributed by atoms with Crippen molar-refractivity contribution >= 4 is 17.1 Å². The van der Waals surface area contributed by atoms with E-state index in [1.807, 2.05) is 60.1 Å². The molecule has 2 aromatic carbocycles. The SMILES string of the molecule is CN(Cc1ccccc1)C(=O)OCc1nc2cc(OC3CCCCC3)ccc2n1C. The molecule has 1 fully saturated rings. The van der Waals surface area contributed by atoms with Crippen LogP contribution in [0.15, 0.2) is 48.5 Å². The molecule has 0 unspecified atom stereocenters. The van der Waals surface area contributed by atoms with Crippen LogP contribution in [0.2, 0.25) is 0 Å². The number of imidazole rings is 1. The summed E-state index contributed by atoms with van der Waals surface area (Å²) < 4.78 is 13.6. The van der Waals surface area contributed by atoms with E-state index in [2.05, 4.69) is 4.98 Å². The second-order valence-electron chi connectivity index (χ2n) is 8.01. The van der Waals surface area contributed by atoms with Crippen LogP contribution in [-0.2, 0) is 24.9 Å². The lowest BCUT2D eigenvalue weighted by Gasteiger charge is -2.22. The quantitative estimate of drug-likeness (QED) is 0.574. The van der Waals surface area contributed by atoms with Crippen LogP contribution in [0.4, 0.5) is 4.79 Å². The van der Waals surface area contributed by atoms with Gasteiger partial charge in [-0.2, -0.15) is 0 Å². The van der Waals surface area contributed by atoms with Crippen LogP contribution < -0.4 is 4.74 Å². The molecular weight excluding hydrogens is 378 g/mol. The number of hydrogen-bond acceptors (Lipinski definition) is 4. The van der Waals surface area contributed by atoms with E-state index in [0.717, 1.165) is 35.2 Å². The molecule has 1 amide bonds. The Labute approximate surface area is 177 Å². The molecule has 0 spiro atoms. The van der Waals surface area contributed by atoms with Gasteiger partial charge < -0.3 is 18.9 Å². The van der Waals surface area contributed by atoms with Crippen LogP contribution in [0.1, 0.15) is 43.5 Å². The van der Waals surface area contributed by atoms with E-state index in [1.165, 1.54) is 19.3 Å². The summed E-state index contributed by atoms with van der Waals surface area (Å²) in [5, 5.41) is 0. The zero-order chi connectivity index (χ0) is 20.9. The minimum Gasteiger partial charge on any atom is -0.490 e. The highest BCUT2D eigenvalue weighted by Crippen LogP contribution is 2.26. The van der Waals surface area contributed by atoms with E-state index >= 15 is 0 Å². The average molecular weight is 408 g/mol. The Morgan fingerprint density at radius 1 is 1.13 bits per heavy atom. The predicted molar refractivity (Wildman–Crippen MR) is 116 cm³/mol. The van der Waals surface area contributed by atoms with Gasteiger partial charge in [0.1, 0.15) is 11.6 Å². The van der Waals surface area contributed by atoms with Crippen molar-refractivity contribution in [2.45, 2.75) is 51.4 Å². The van der Waals surface area contributed by atoms with E-state index in [9.17, 15) is 4.79 Å². The van der Waals surface area contributed by atoms with Gasteiger partial charge in [0, 0.05) is 26.7 Å². The number of aromatic nitrogens is 2. The molecule has 1 aromatic heterocycles. The molecule has 0 saturated heterocycles. The number of fused-ring (bicyclic) bond motifs is 1. The molecule has 4 rings (SSSR count). The van der Waals surface area contributed by atoms with E-state index in [-0.39, 0.29) is 12.7 Å². The van der Waals surface area contributed by atoms with E-state index in [0.29, 0.717) is 18.5 Å². The molecule has 1 saturated carbocycles. The maximum absolute atomic E-state index is 12.4. The van der Waals surface area contributed by atoms with Crippen molar-refractivity contribution in [3.63, 3.8) is 0 Å². The summed E-state index contributed by atoms with van der Waals surface area (Å²) in [4.78, 5) is 18.6. The summed E-state index contributed by atoms with van der Waals surface area (Å²) in [7, 11) is 3.67. The Kier molecular flexibility index (Phi) is 6.21. The van der Waals surface area contributed by atoms with Crippen molar-refractivity contribution in [3.8, 4) is 5.75 Å². The molecule has 6 heteroatoms. The molecule has 1 aliphatic rings. The number of ether oxygens (including phenoxy) is 2. The van der Waals surface area contributed by atoms with Gasteiger partial charge in [-0.05, 0) is 43.4 Å².